The SMILES string of the molecule is COc1ccc(CCC(=O)Nc2c(F)c(F)c(F)c(F)c2F)cc1. The van der Waals surface area contributed by atoms with E-state index in [1.165, 1.54) is 7.11 Å². The van der Waals surface area contributed by atoms with Gasteiger partial charge in [0.1, 0.15) is 11.4 Å². The molecular formula is C16H12F5NO2. The summed E-state index contributed by atoms with van der Waals surface area (Å²) in [7, 11) is 1.49. The summed E-state index contributed by atoms with van der Waals surface area (Å²) < 4.78 is 70.9. The van der Waals surface area contributed by atoms with Gasteiger partial charge in [-0.1, -0.05) is 12.1 Å². The third-order valence-electron chi connectivity index (χ3n) is 3.27. The molecule has 0 atom stereocenters. The van der Waals surface area contributed by atoms with Crippen LogP contribution in [0.2, 0.25) is 0 Å². The van der Waals surface area contributed by atoms with Crippen LogP contribution in [0.5, 0.6) is 5.75 Å². The van der Waals surface area contributed by atoms with E-state index in [1.54, 1.807) is 29.6 Å². The fourth-order valence-corrected chi connectivity index (χ4v) is 1.97. The van der Waals surface area contributed by atoms with Crippen molar-refractivity contribution in [2.24, 2.45) is 0 Å². The molecule has 0 unspecified atom stereocenters. The lowest BCUT2D eigenvalue weighted by Gasteiger charge is -2.10. The Balaban J connectivity index is 2.07. The van der Waals surface area contributed by atoms with E-state index in [9.17, 15) is 26.7 Å². The highest BCUT2D eigenvalue weighted by Crippen LogP contribution is 2.27. The number of rotatable bonds is 5. The molecular weight excluding hydrogens is 333 g/mol. The molecule has 0 aliphatic heterocycles. The topological polar surface area (TPSA) is 38.3 Å². The van der Waals surface area contributed by atoms with Crippen LogP contribution in [0.25, 0.3) is 0 Å². The van der Waals surface area contributed by atoms with Gasteiger partial charge in [-0.05, 0) is 24.1 Å². The van der Waals surface area contributed by atoms with Crippen LogP contribution < -0.4 is 10.1 Å². The van der Waals surface area contributed by atoms with Crippen molar-refractivity contribution in [2.75, 3.05) is 12.4 Å². The van der Waals surface area contributed by atoms with Crippen molar-refractivity contribution in [2.45, 2.75) is 12.8 Å². The summed E-state index contributed by atoms with van der Waals surface area (Å²) in [4.78, 5) is 11.7. The van der Waals surface area contributed by atoms with E-state index in [-0.39, 0.29) is 12.8 Å². The van der Waals surface area contributed by atoms with Gasteiger partial charge in [0.05, 0.1) is 7.11 Å². The molecule has 128 valence electrons. The molecule has 8 heteroatoms. The Labute approximate surface area is 134 Å². The summed E-state index contributed by atoms with van der Waals surface area (Å²) in [5.41, 5.74) is -0.616. The Kier molecular flexibility index (Phi) is 5.38. The minimum Gasteiger partial charge on any atom is -0.497 e. The van der Waals surface area contributed by atoms with Gasteiger partial charge in [0, 0.05) is 6.42 Å². The van der Waals surface area contributed by atoms with E-state index in [4.69, 9.17) is 4.74 Å². The van der Waals surface area contributed by atoms with Gasteiger partial charge in [-0.15, -0.1) is 0 Å². The minimum absolute atomic E-state index is 0.203. The summed E-state index contributed by atoms with van der Waals surface area (Å²) in [6.45, 7) is 0. The van der Waals surface area contributed by atoms with E-state index in [0.717, 1.165) is 5.56 Å². The van der Waals surface area contributed by atoms with E-state index in [0.29, 0.717) is 5.75 Å². The minimum atomic E-state index is -2.28. The number of carbonyl (C=O) groups is 1. The Morgan fingerprint density at radius 2 is 1.42 bits per heavy atom. The molecule has 0 saturated heterocycles. The molecule has 0 bridgehead atoms. The Bertz CT molecular complexity index is 733. The monoisotopic (exact) mass is 345 g/mol. The smallest absolute Gasteiger partial charge is 0.224 e. The third-order valence-corrected chi connectivity index (χ3v) is 3.27. The van der Waals surface area contributed by atoms with Gasteiger partial charge < -0.3 is 10.1 Å². The van der Waals surface area contributed by atoms with Crippen LogP contribution >= 0.6 is 0 Å². The van der Waals surface area contributed by atoms with Crippen molar-refractivity contribution in [3.05, 3.63) is 58.9 Å². The molecule has 2 aromatic carbocycles. The molecule has 2 rings (SSSR count). The molecule has 0 spiro atoms. The maximum absolute atomic E-state index is 13.5. The number of methoxy groups -OCH3 is 1. The van der Waals surface area contributed by atoms with E-state index in [2.05, 4.69) is 0 Å². The number of hydrogen-bond acceptors (Lipinski definition) is 2. The van der Waals surface area contributed by atoms with Crippen molar-refractivity contribution in [1.29, 1.82) is 0 Å². The van der Waals surface area contributed by atoms with Gasteiger partial charge >= 0.3 is 0 Å². The van der Waals surface area contributed by atoms with Gasteiger partial charge in [-0.2, -0.15) is 0 Å². The molecule has 0 aliphatic carbocycles. The van der Waals surface area contributed by atoms with Crippen molar-refractivity contribution in [3.63, 3.8) is 0 Å². The molecule has 0 aliphatic rings. The Hall–Kier alpha value is -2.64. The molecule has 3 nitrogen and oxygen atoms in total. The van der Waals surface area contributed by atoms with Crippen molar-refractivity contribution in [1.82, 2.24) is 0 Å². The normalized spacial score (nSPS) is 10.6. The first-order chi connectivity index (χ1) is 11.3. The van der Waals surface area contributed by atoms with Crippen LogP contribution in [0.1, 0.15) is 12.0 Å². The number of carbonyl (C=O) groups excluding carboxylic acids is 1. The van der Waals surface area contributed by atoms with Gasteiger partial charge in [0.2, 0.25) is 11.7 Å². The third kappa shape index (κ3) is 3.64. The zero-order valence-electron chi connectivity index (χ0n) is 12.4. The van der Waals surface area contributed by atoms with Crippen LogP contribution in [0.4, 0.5) is 27.6 Å². The largest absolute Gasteiger partial charge is 0.497 e. The van der Waals surface area contributed by atoms with Crippen LogP contribution in [-0.4, -0.2) is 13.0 Å². The molecule has 1 N–H and O–H groups in total. The lowest BCUT2D eigenvalue weighted by molar-refractivity contribution is -0.116. The predicted octanol–water partition coefficient (Wildman–Crippen LogP) is 3.96. The highest BCUT2D eigenvalue weighted by atomic mass is 19.2. The van der Waals surface area contributed by atoms with Crippen LogP contribution in [0.15, 0.2) is 24.3 Å². The molecule has 0 saturated carbocycles. The molecule has 24 heavy (non-hydrogen) atoms. The second kappa shape index (κ2) is 7.29. The molecule has 2 aromatic rings. The molecule has 0 heterocycles. The summed E-state index contributed by atoms with van der Waals surface area (Å²) >= 11 is 0. The highest BCUT2D eigenvalue weighted by molar-refractivity contribution is 5.91. The number of ether oxygens (including phenoxy) is 1. The average molecular weight is 345 g/mol. The zero-order chi connectivity index (χ0) is 17.9. The summed E-state index contributed by atoms with van der Waals surface area (Å²) in [5.74, 6) is -10.9. The number of benzene rings is 2. The Morgan fingerprint density at radius 1 is 0.917 bits per heavy atom. The Morgan fingerprint density at radius 3 is 1.92 bits per heavy atom. The molecule has 0 radical (unpaired) electrons. The number of amides is 1. The van der Waals surface area contributed by atoms with E-state index in [1.807, 2.05) is 0 Å². The van der Waals surface area contributed by atoms with Crippen molar-refractivity contribution < 1.29 is 31.5 Å². The van der Waals surface area contributed by atoms with Gasteiger partial charge in [-0.25, -0.2) is 22.0 Å². The van der Waals surface area contributed by atoms with Crippen LogP contribution in [-0.2, 0) is 11.2 Å². The fourth-order valence-electron chi connectivity index (χ4n) is 1.97. The predicted molar refractivity (Wildman–Crippen MR) is 76.2 cm³/mol. The van der Waals surface area contributed by atoms with Crippen LogP contribution in [0, 0.1) is 29.1 Å². The maximum atomic E-state index is 13.5. The quantitative estimate of drug-likeness (QED) is 0.506. The van der Waals surface area contributed by atoms with Gasteiger partial charge in [0.25, 0.3) is 0 Å². The fraction of sp³-hybridized carbons (Fsp3) is 0.188. The van der Waals surface area contributed by atoms with E-state index < -0.39 is 40.7 Å². The second-order valence-electron chi connectivity index (χ2n) is 4.84. The first-order valence-corrected chi connectivity index (χ1v) is 6.79. The summed E-state index contributed by atoms with van der Waals surface area (Å²) in [5, 5.41) is 1.72. The van der Waals surface area contributed by atoms with Crippen LogP contribution in [0.3, 0.4) is 0 Å². The first kappa shape index (κ1) is 17.7. The van der Waals surface area contributed by atoms with Gasteiger partial charge in [0.15, 0.2) is 23.3 Å². The number of nitrogens with one attached hydrogen (secondary N) is 1. The van der Waals surface area contributed by atoms with Gasteiger partial charge in [-0.3, -0.25) is 4.79 Å². The maximum Gasteiger partial charge on any atom is 0.224 e. The number of halogens is 5. The lowest BCUT2D eigenvalue weighted by atomic mass is 10.1. The number of anilines is 1. The zero-order valence-corrected chi connectivity index (χ0v) is 12.4. The summed E-state index contributed by atoms with van der Waals surface area (Å²) in [6, 6.07) is 6.70. The number of hydrogen-bond donors (Lipinski definition) is 1. The molecule has 1 amide bonds. The standard InChI is InChI=1S/C16H12F5NO2/c1-24-9-5-2-8(3-6-9)4-7-10(23)22-16-14(20)12(18)11(17)13(19)15(16)21/h2-3,5-6H,4,7H2,1H3,(H,22,23). The first-order valence-electron chi connectivity index (χ1n) is 6.79. The average Bonchev–Trinajstić information content (AvgIpc) is 2.60. The van der Waals surface area contributed by atoms with Crippen molar-refractivity contribution >= 4 is 11.6 Å². The summed E-state index contributed by atoms with van der Waals surface area (Å²) in [6.07, 6.45) is 0.0110. The second-order valence-corrected chi connectivity index (χ2v) is 4.84. The molecule has 0 fully saturated rings. The lowest BCUT2D eigenvalue weighted by Crippen LogP contribution is -2.17. The molecule has 0 aromatic heterocycles. The van der Waals surface area contributed by atoms with E-state index >= 15 is 0 Å². The number of aryl methyl sites for hydroxylation is 1. The highest BCUT2D eigenvalue weighted by Gasteiger charge is 2.26. The van der Waals surface area contributed by atoms with Crippen molar-refractivity contribution in [3.8, 4) is 5.75 Å².